The lowest BCUT2D eigenvalue weighted by molar-refractivity contribution is 0.590. The highest BCUT2D eigenvalue weighted by molar-refractivity contribution is 7.91. The molecule has 1 aromatic rings. The lowest BCUT2D eigenvalue weighted by Gasteiger charge is -2.06. The van der Waals surface area contributed by atoms with E-state index in [9.17, 15) is 8.42 Å². The number of benzene rings is 1. The molecule has 1 saturated carbocycles. The third-order valence-corrected chi connectivity index (χ3v) is 4.80. The van der Waals surface area contributed by atoms with E-state index in [1.54, 1.807) is 12.1 Å². The van der Waals surface area contributed by atoms with E-state index in [0.29, 0.717) is 17.5 Å². The van der Waals surface area contributed by atoms with Gasteiger partial charge in [0.15, 0.2) is 9.84 Å². The van der Waals surface area contributed by atoms with Crippen LogP contribution in [0, 0.1) is 0 Å². The number of sulfone groups is 1. The Labute approximate surface area is 103 Å². The highest BCUT2D eigenvalue weighted by Gasteiger charge is 2.21. The Balaban J connectivity index is 1.96. The monoisotopic (exact) mass is 253 g/mol. The molecule has 3 nitrogen and oxygen atoms in total. The zero-order chi connectivity index (χ0) is 12.3. The van der Waals surface area contributed by atoms with Crippen LogP contribution < -0.4 is 5.32 Å². The first-order chi connectivity index (χ1) is 8.12. The van der Waals surface area contributed by atoms with Gasteiger partial charge in [-0.3, -0.25) is 0 Å². The molecule has 17 heavy (non-hydrogen) atoms. The molecule has 0 spiro atoms. The number of hydrogen-bond donors (Lipinski definition) is 1. The molecule has 1 aliphatic rings. The summed E-state index contributed by atoms with van der Waals surface area (Å²) < 4.78 is 24.0. The standard InChI is InChI=1S/C13H19NO2S/c1-2-11-3-7-13(8-4-11)17(15,16)10-9-14-12-5-6-12/h3-4,7-8,12,14H,2,5-6,9-10H2,1H3. The molecule has 0 amide bonds. The van der Waals surface area contributed by atoms with Gasteiger partial charge in [-0.1, -0.05) is 19.1 Å². The number of aryl methyl sites for hydroxylation is 1. The smallest absolute Gasteiger partial charge is 0.179 e. The van der Waals surface area contributed by atoms with Crippen LogP contribution in [0.25, 0.3) is 0 Å². The molecule has 0 aromatic heterocycles. The fourth-order valence-electron chi connectivity index (χ4n) is 1.74. The Bertz CT molecular complexity index is 461. The Kier molecular flexibility index (Phi) is 3.84. The molecule has 2 rings (SSSR count). The molecule has 0 heterocycles. The van der Waals surface area contributed by atoms with Gasteiger partial charge in [0, 0.05) is 12.6 Å². The normalized spacial score (nSPS) is 16.1. The lowest BCUT2D eigenvalue weighted by atomic mass is 10.2. The van der Waals surface area contributed by atoms with Gasteiger partial charge in [-0.05, 0) is 37.0 Å². The molecule has 1 fully saturated rings. The van der Waals surface area contributed by atoms with E-state index >= 15 is 0 Å². The average molecular weight is 253 g/mol. The summed E-state index contributed by atoms with van der Waals surface area (Å²) >= 11 is 0. The van der Waals surface area contributed by atoms with Gasteiger partial charge in [0.05, 0.1) is 10.6 Å². The average Bonchev–Trinajstić information content (AvgIpc) is 3.13. The van der Waals surface area contributed by atoms with Crippen molar-refractivity contribution in [1.29, 1.82) is 0 Å². The van der Waals surface area contributed by atoms with Crippen LogP contribution in [0.3, 0.4) is 0 Å². The van der Waals surface area contributed by atoms with E-state index in [4.69, 9.17) is 0 Å². The van der Waals surface area contributed by atoms with Gasteiger partial charge in [-0.15, -0.1) is 0 Å². The van der Waals surface area contributed by atoms with Crippen molar-refractivity contribution >= 4 is 9.84 Å². The number of hydrogen-bond acceptors (Lipinski definition) is 3. The Morgan fingerprint density at radius 2 is 1.88 bits per heavy atom. The predicted molar refractivity (Wildman–Crippen MR) is 68.9 cm³/mol. The van der Waals surface area contributed by atoms with Crippen LogP contribution in [0.1, 0.15) is 25.3 Å². The van der Waals surface area contributed by atoms with Crippen LogP contribution in [0.5, 0.6) is 0 Å². The third-order valence-electron chi connectivity index (χ3n) is 3.07. The van der Waals surface area contributed by atoms with Crippen molar-refractivity contribution in [2.24, 2.45) is 0 Å². The van der Waals surface area contributed by atoms with Crippen LogP contribution >= 0.6 is 0 Å². The van der Waals surface area contributed by atoms with E-state index in [-0.39, 0.29) is 5.75 Å². The maximum absolute atomic E-state index is 12.0. The second-order valence-electron chi connectivity index (χ2n) is 4.54. The molecule has 0 radical (unpaired) electrons. The lowest BCUT2D eigenvalue weighted by Crippen LogP contribution is -2.24. The Morgan fingerprint density at radius 1 is 1.24 bits per heavy atom. The van der Waals surface area contributed by atoms with E-state index < -0.39 is 9.84 Å². The first-order valence-electron chi connectivity index (χ1n) is 6.17. The highest BCUT2D eigenvalue weighted by atomic mass is 32.2. The first kappa shape index (κ1) is 12.6. The van der Waals surface area contributed by atoms with Gasteiger partial charge in [0.25, 0.3) is 0 Å². The van der Waals surface area contributed by atoms with Gasteiger partial charge < -0.3 is 5.32 Å². The zero-order valence-electron chi connectivity index (χ0n) is 10.1. The molecule has 0 aliphatic heterocycles. The summed E-state index contributed by atoms with van der Waals surface area (Å²) in [6.07, 6.45) is 3.31. The van der Waals surface area contributed by atoms with Crippen molar-refractivity contribution in [3.05, 3.63) is 29.8 Å². The molecule has 1 aromatic carbocycles. The summed E-state index contributed by atoms with van der Waals surface area (Å²) in [4.78, 5) is 0.437. The molecule has 0 saturated heterocycles. The van der Waals surface area contributed by atoms with Gasteiger partial charge in [0.1, 0.15) is 0 Å². The van der Waals surface area contributed by atoms with Gasteiger partial charge >= 0.3 is 0 Å². The fourth-order valence-corrected chi connectivity index (χ4v) is 2.91. The van der Waals surface area contributed by atoms with Crippen molar-refractivity contribution in [2.75, 3.05) is 12.3 Å². The second kappa shape index (κ2) is 5.19. The van der Waals surface area contributed by atoms with Crippen LogP contribution in [0.2, 0.25) is 0 Å². The predicted octanol–water partition coefficient (Wildman–Crippen LogP) is 1.77. The summed E-state index contributed by atoms with van der Waals surface area (Å²) in [5, 5.41) is 3.23. The van der Waals surface area contributed by atoms with Crippen LogP contribution in [0.15, 0.2) is 29.2 Å². The summed E-state index contributed by atoms with van der Waals surface area (Å²) in [5.41, 5.74) is 1.17. The summed E-state index contributed by atoms with van der Waals surface area (Å²) in [6.45, 7) is 2.62. The molecule has 1 aliphatic carbocycles. The Hall–Kier alpha value is -0.870. The number of nitrogens with one attached hydrogen (secondary N) is 1. The van der Waals surface area contributed by atoms with E-state index in [0.717, 1.165) is 6.42 Å². The SMILES string of the molecule is CCc1ccc(S(=O)(=O)CCNC2CC2)cc1. The Morgan fingerprint density at radius 3 is 2.41 bits per heavy atom. The quantitative estimate of drug-likeness (QED) is 0.840. The minimum absolute atomic E-state index is 0.189. The second-order valence-corrected chi connectivity index (χ2v) is 6.65. The van der Waals surface area contributed by atoms with E-state index in [1.165, 1.54) is 18.4 Å². The first-order valence-corrected chi connectivity index (χ1v) is 7.82. The van der Waals surface area contributed by atoms with Crippen molar-refractivity contribution in [3.8, 4) is 0 Å². The van der Waals surface area contributed by atoms with Crippen molar-refractivity contribution in [1.82, 2.24) is 5.32 Å². The van der Waals surface area contributed by atoms with Gasteiger partial charge in [0.2, 0.25) is 0 Å². The molecular weight excluding hydrogens is 234 g/mol. The maximum Gasteiger partial charge on any atom is 0.179 e. The van der Waals surface area contributed by atoms with Gasteiger partial charge in [-0.2, -0.15) is 0 Å². The van der Waals surface area contributed by atoms with Crippen molar-refractivity contribution in [3.63, 3.8) is 0 Å². The third kappa shape index (κ3) is 3.54. The molecule has 0 bridgehead atoms. The largest absolute Gasteiger partial charge is 0.313 e. The highest BCUT2D eigenvalue weighted by Crippen LogP contribution is 2.18. The maximum atomic E-state index is 12.0. The minimum Gasteiger partial charge on any atom is -0.313 e. The summed E-state index contributed by atoms with van der Waals surface area (Å²) in [5.74, 6) is 0.189. The summed E-state index contributed by atoms with van der Waals surface area (Å²) in [7, 11) is -3.12. The van der Waals surface area contributed by atoms with Crippen molar-refractivity contribution in [2.45, 2.75) is 37.1 Å². The minimum atomic E-state index is -3.12. The molecular formula is C13H19NO2S. The number of rotatable bonds is 6. The topological polar surface area (TPSA) is 46.2 Å². The summed E-state index contributed by atoms with van der Waals surface area (Å²) in [6, 6.07) is 7.77. The molecule has 4 heteroatoms. The van der Waals surface area contributed by atoms with Crippen LogP contribution in [-0.2, 0) is 16.3 Å². The van der Waals surface area contributed by atoms with E-state index in [1.807, 2.05) is 12.1 Å². The molecule has 0 unspecified atom stereocenters. The van der Waals surface area contributed by atoms with Crippen molar-refractivity contribution < 1.29 is 8.42 Å². The molecule has 94 valence electrons. The van der Waals surface area contributed by atoms with Gasteiger partial charge in [-0.25, -0.2) is 8.42 Å². The molecule has 0 atom stereocenters. The molecule has 1 N–H and O–H groups in total. The van der Waals surface area contributed by atoms with Crippen LogP contribution in [0.4, 0.5) is 0 Å². The van der Waals surface area contributed by atoms with Crippen LogP contribution in [-0.4, -0.2) is 26.8 Å². The van der Waals surface area contributed by atoms with E-state index in [2.05, 4.69) is 12.2 Å². The zero-order valence-corrected chi connectivity index (χ0v) is 11.0. The fraction of sp³-hybridized carbons (Fsp3) is 0.538.